The Labute approximate surface area is 172 Å². The number of ether oxygens (including phenoxy) is 1. The molecule has 1 aliphatic heterocycles. The fraction of sp³-hybridized carbons (Fsp3) is 0.429. The van der Waals surface area contributed by atoms with Gasteiger partial charge in [0.05, 0.1) is 6.04 Å². The molecule has 0 radical (unpaired) electrons. The quantitative estimate of drug-likeness (QED) is 0.553. The number of amides is 4. The van der Waals surface area contributed by atoms with Crippen LogP contribution in [-0.4, -0.2) is 47.4 Å². The minimum Gasteiger partial charge on any atom is -0.459 e. The van der Waals surface area contributed by atoms with Gasteiger partial charge < -0.3 is 19.8 Å². The van der Waals surface area contributed by atoms with Gasteiger partial charge in [-0.25, -0.2) is 4.79 Å². The molecule has 1 aromatic heterocycles. The van der Waals surface area contributed by atoms with E-state index in [0.29, 0.717) is 24.2 Å². The number of nitrogens with zero attached hydrogens (tertiary/aromatic N) is 1. The molecule has 1 aliphatic carbocycles. The third kappa shape index (κ3) is 3.74. The Morgan fingerprint density at radius 2 is 2.00 bits per heavy atom. The van der Waals surface area contributed by atoms with Gasteiger partial charge in [-0.15, -0.1) is 0 Å². The highest BCUT2D eigenvalue weighted by Crippen LogP contribution is 2.34. The number of hydrogen-bond acceptors (Lipinski definition) is 6. The molecule has 1 spiro atoms. The highest BCUT2D eigenvalue weighted by molar-refractivity contribution is 6.08. The fourth-order valence-electron chi connectivity index (χ4n) is 4.03. The second-order valence-corrected chi connectivity index (χ2v) is 7.75. The number of urea groups is 1. The maximum absolute atomic E-state index is 12.5. The smallest absolute Gasteiger partial charge is 0.326 e. The lowest BCUT2D eigenvalue weighted by Gasteiger charge is -2.19. The molecule has 9 nitrogen and oxygen atoms in total. The Balaban J connectivity index is 1.27. The summed E-state index contributed by atoms with van der Waals surface area (Å²) in [4.78, 5) is 49.7. The molecule has 158 valence electrons. The van der Waals surface area contributed by atoms with E-state index in [1.165, 1.54) is 0 Å². The van der Waals surface area contributed by atoms with Gasteiger partial charge in [0, 0.05) is 5.39 Å². The van der Waals surface area contributed by atoms with Crippen LogP contribution in [0.15, 0.2) is 34.7 Å². The number of furan rings is 1. The maximum atomic E-state index is 12.5. The monoisotopic (exact) mass is 413 g/mol. The second kappa shape index (κ2) is 7.81. The van der Waals surface area contributed by atoms with Crippen LogP contribution in [-0.2, 0) is 19.1 Å². The minimum absolute atomic E-state index is 0.398. The fourth-order valence-corrected chi connectivity index (χ4v) is 4.03. The molecule has 1 saturated carbocycles. The first-order valence-corrected chi connectivity index (χ1v) is 9.95. The summed E-state index contributed by atoms with van der Waals surface area (Å²) in [6, 6.07) is 8.31. The average molecular weight is 413 g/mol. The molecule has 1 atom stereocenters. The summed E-state index contributed by atoms with van der Waals surface area (Å²) in [5.74, 6) is -1.15. The summed E-state index contributed by atoms with van der Waals surface area (Å²) < 4.78 is 10.7. The number of imide groups is 1. The van der Waals surface area contributed by atoms with E-state index in [4.69, 9.17) is 9.15 Å². The lowest BCUT2D eigenvalue weighted by Crippen LogP contribution is -2.44. The lowest BCUT2D eigenvalue weighted by atomic mass is 9.98. The highest BCUT2D eigenvalue weighted by Gasteiger charge is 2.52. The van der Waals surface area contributed by atoms with Crippen LogP contribution < -0.4 is 10.6 Å². The number of nitrogens with one attached hydrogen (secondary N) is 2. The SMILES string of the molecule is CC(NC(=O)COC(=O)CN1C(=O)NC2(CCCC2)C1=O)c1cc2ccccc2o1. The molecule has 2 aliphatic rings. The Hall–Kier alpha value is -3.36. The van der Waals surface area contributed by atoms with Crippen molar-refractivity contribution in [1.29, 1.82) is 0 Å². The second-order valence-electron chi connectivity index (χ2n) is 7.75. The van der Waals surface area contributed by atoms with Crippen LogP contribution in [0.5, 0.6) is 0 Å². The van der Waals surface area contributed by atoms with E-state index in [1.54, 1.807) is 6.92 Å². The number of fused-ring (bicyclic) bond motifs is 1. The normalized spacial score (nSPS) is 18.6. The van der Waals surface area contributed by atoms with E-state index in [2.05, 4.69) is 10.6 Å². The topological polar surface area (TPSA) is 118 Å². The van der Waals surface area contributed by atoms with Crippen LogP contribution in [0.4, 0.5) is 4.79 Å². The van der Waals surface area contributed by atoms with Gasteiger partial charge in [-0.2, -0.15) is 0 Å². The van der Waals surface area contributed by atoms with Crippen LogP contribution in [0.25, 0.3) is 11.0 Å². The van der Waals surface area contributed by atoms with Crippen molar-refractivity contribution in [2.24, 2.45) is 0 Å². The first-order valence-electron chi connectivity index (χ1n) is 9.95. The summed E-state index contributed by atoms with van der Waals surface area (Å²) in [5, 5.41) is 6.31. The number of para-hydroxylation sites is 1. The molecule has 2 aromatic rings. The molecule has 1 aromatic carbocycles. The maximum Gasteiger partial charge on any atom is 0.326 e. The molecule has 9 heteroatoms. The Morgan fingerprint density at radius 3 is 2.73 bits per heavy atom. The zero-order chi connectivity index (χ0) is 21.3. The summed E-state index contributed by atoms with van der Waals surface area (Å²) in [5.41, 5.74) is -0.162. The number of esters is 1. The molecule has 4 rings (SSSR count). The van der Waals surface area contributed by atoms with Crippen molar-refractivity contribution in [3.8, 4) is 0 Å². The van der Waals surface area contributed by atoms with Crippen molar-refractivity contribution in [3.63, 3.8) is 0 Å². The standard InChI is InChI=1S/C21H23N3O6/c1-13(16-10-14-6-2-3-7-15(14)30-16)22-17(25)12-29-18(26)11-24-19(27)21(23-20(24)28)8-4-5-9-21/h2-3,6-7,10,13H,4-5,8-9,11-12H2,1H3,(H,22,25)(H,23,28). The summed E-state index contributed by atoms with van der Waals surface area (Å²) in [7, 11) is 0. The zero-order valence-corrected chi connectivity index (χ0v) is 16.6. The summed E-state index contributed by atoms with van der Waals surface area (Å²) >= 11 is 0. The third-order valence-electron chi connectivity index (χ3n) is 5.60. The van der Waals surface area contributed by atoms with Crippen molar-refractivity contribution in [3.05, 3.63) is 36.1 Å². The van der Waals surface area contributed by atoms with Gasteiger partial charge >= 0.3 is 12.0 Å². The van der Waals surface area contributed by atoms with E-state index in [-0.39, 0.29) is 0 Å². The number of rotatable bonds is 6. The Morgan fingerprint density at radius 1 is 1.27 bits per heavy atom. The van der Waals surface area contributed by atoms with Gasteiger partial charge in [0.25, 0.3) is 11.8 Å². The summed E-state index contributed by atoms with van der Waals surface area (Å²) in [6.07, 6.45) is 2.86. The number of benzene rings is 1. The van der Waals surface area contributed by atoms with E-state index in [0.717, 1.165) is 23.1 Å². The largest absolute Gasteiger partial charge is 0.459 e. The van der Waals surface area contributed by atoms with E-state index < -0.39 is 48.5 Å². The molecule has 2 N–H and O–H groups in total. The van der Waals surface area contributed by atoms with Crippen molar-refractivity contribution in [2.45, 2.75) is 44.2 Å². The minimum atomic E-state index is -0.878. The first kappa shape index (κ1) is 19.9. The van der Waals surface area contributed by atoms with Crippen LogP contribution in [0, 0.1) is 0 Å². The van der Waals surface area contributed by atoms with Gasteiger partial charge in [0.15, 0.2) is 6.61 Å². The molecular weight excluding hydrogens is 390 g/mol. The van der Waals surface area contributed by atoms with Gasteiger partial charge in [0.1, 0.15) is 23.4 Å². The number of carbonyl (C=O) groups excluding carboxylic acids is 4. The zero-order valence-electron chi connectivity index (χ0n) is 16.6. The number of hydrogen-bond donors (Lipinski definition) is 2. The molecular formula is C21H23N3O6. The van der Waals surface area contributed by atoms with Crippen molar-refractivity contribution in [2.75, 3.05) is 13.2 Å². The average Bonchev–Trinajstić information content (AvgIpc) is 3.42. The molecule has 30 heavy (non-hydrogen) atoms. The molecule has 0 bridgehead atoms. The molecule has 2 heterocycles. The van der Waals surface area contributed by atoms with E-state index in [9.17, 15) is 19.2 Å². The Kier molecular flexibility index (Phi) is 5.19. The molecule has 2 fully saturated rings. The van der Waals surface area contributed by atoms with Crippen LogP contribution in [0.3, 0.4) is 0 Å². The van der Waals surface area contributed by atoms with Crippen molar-refractivity contribution in [1.82, 2.24) is 15.5 Å². The van der Waals surface area contributed by atoms with Crippen LogP contribution in [0.2, 0.25) is 0 Å². The van der Waals surface area contributed by atoms with Crippen LogP contribution in [0.1, 0.15) is 44.4 Å². The predicted molar refractivity (Wildman–Crippen MR) is 105 cm³/mol. The van der Waals surface area contributed by atoms with Crippen molar-refractivity contribution >= 4 is 34.8 Å². The molecule has 1 saturated heterocycles. The van der Waals surface area contributed by atoms with E-state index >= 15 is 0 Å². The number of carbonyl (C=O) groups is 4. The first-order chi connectivity index (χ1) is 14.4. The third-order valence-corrected chi connectivity index (χ3v) is 5.60. The lowest BCUT2D eigenvalue weighted by molar-refractivity contribution is -0.151. The Bertz CT molecular complexity index is 974. The predicted octanol–water partition coefficient (Wildman–Crippen LogP) is 2.02. The van der Waals surface area contributed by atoms with Gasteiger partial charge in [-0.1, -0.05) is 31.0 Å². The van der Waals surface area contributed by atoms with Gasteiger partial charge in [-0.05, 0) is 31.9 Å². The van der Waals surface area contributed by atoms with Gasteiger partial charge in [0.2, 0.25) is 0 Å². The highest BCUT2D eigenvalue weighted by atomic mass is 16.5. The van der Waals surface area contributed by atoms with Gasteiger partial charge in [-0.3, -0.25) is 19.3 Å². The molecule has 1 unspecified atom stereocenters. The van der Waals surface area contributed by atoms with E-state index in [1.807, 2.05) is 30.3 Å². The molecule has 4 amide bonds. The van der Waals surface area contributed by atoms with Crippen LogP contribution >= 0.6 is 0 Å². The van der Waals surface area contributed by atoms with Crippen molar-refractivity contribution < 1.29 is 28.3 Å². The summed E-state index contributed by atoms with van der Waals surface area (Å²) in [6.45, 7) is 0.725.